The van der Waals surface area contributed by atoms with Gasteiger partial charge in [0, 0.05) is 12.1 Å². The highest BCUT2D eigenvalue weighted by Crippen LogP contribution is 2.50. The molecule has 0 saturated carbocycles. The van der Waals surface area contributed by atoms with E-state index in [0.29, 0.717) is 43.7 Å². The minimum absolute atomic E-state index is 0.0165. The third-order valence-electron chi connectivity index (χ3n) is 2.48. The summed E-state index contributed by atoms with van der Waals surface area (Å²) in [5, 5.41) is 17.6. The highest BCUT2D eigenvalue weighted by molar-refractivity contribution is 5.78. The number of benzene rings is 1. The molecule has 1 aromatic carbocycles. The fourth-order valence-corrected chi connectivity index (χ4v) is 1.69. The Bertz CT molecular complexity index is 526. The van der Waals surface area contributed by atoms with Gasteiger partial charge in [0.2, 0.25) is 17.2 Å². The molecule has 0 aromatic heterocycles. The van der Waals surface area contributed by atoms with Crippen LogP contribution in [0.25, 0.3) is 0 Å². The van der Waals surface area contributed by atoms with Crippen LogP contribution >= 0.6 is 0 Å². The van der Waals surface area contributed by atoms with Crippen LogP contribution in [0.4, 0.5) is 0 Å². The molecule has 24 heavy (non-hydrogen) atoms. The molecule has 0 unspecified atom stereocenters. The third-order valence-corrected chi connectivity index (χ3v) is 2.48. The lowest BCUT2D eigenvalue weighted by molar-refractivity contribution is -0.131. The number of rotatable bonds is 9. The van der Waals surface area contributed by atoms with Crippen molar-refractivity contribution in [3.63, 3.8) is 0 Å². The van der Waals surface area contributed by atoms with Gasteiger partial charge in [-0.1, -0.05) is 6.58 Å². The summed E-state index contributed by atoms with van der Waals surface area (Å²) in [6.45, 7) is 12.2. The van der Waals surface area contributed by atoms with E-state index in [4.69, 9.17) is 24.1 Å². The monoisotopic (exact) mass is 342 g/mol. The van der Waals surface area contributed by atoms with E-state index >= 15 is 0 Å². The number of phenols is 1. The molecular formula is C17H26O7. The highest BCUT2D eigenvalue weighted by atomic mass is 16.6. The summed E-state index contributed by atoms with van der Waals surface area (Å²) in [4.78, 5) is 9.25. The van der Waals surface area contributed by atoms with Crippen LogP contribution in [0, 0.1) is 0 Å². The number of carboxylic acids is 1. The molecule has 0 spiro atoms. The first-order valence-corrected chi connectivity index (χ1v) is 7.73. The number of carboxylic acid groups (broad SMARTS) is 1. The van der Waals surface area contributed by atoms with Crippen molar-refractivity contribution in [2.75, 3.05) is 26.4 Å². The van der Waals surface area contributed by atoms with Gasteiger partial charge in [0.15, 0.2) is 11.5 Å². The summed E-state index contributed by atoms with van der Waals surface area (Å²) in [5.74, 6) is 0.592. The maximum absolute atomic E-state index is 10.0. The fourth-order valence-electron chi connectivity index (χ4n) is 1.69. The van der Waals surface area contributed by atoms with Crippen molar-refractivity contribution < 1.29 is 34.0 Å². The average molecular weight is 342 g/mol. The molecule has 7 heteroatoms. The Morgan fingerprint density at radius 3 is 1.79 bits per heavy atom. The van der Waals surface area contributed by atoms with Gasteiger partial charge in [-0.05, 0) is 27.7 Å². The molecule has 0 aliphatic carbocycles. The molecule has 0 aliphatic rings. The first-order chi connectivity index (χ1) is 11.5. The van der Waals surface area contributed by atoms with Gasteiger partial charge in [-0.3, -0.25) is 0 Å². The van der Waals surface area contributed by atoms with E-state index in [1.165, 1.54) is 6.07 Å². The van der Waals surface area contributed by atoms with Gasteiger partial charge in [-0.2, -0.15) is 0 Å². The van der Waals surface area contributed by atoms with Crippen LogP contribution in [0.1, 0.15) is 27.7 Å². The Balaban J connectivity index is 0.000000922. The zero-order valence-corrected chi connectivity index (χ0v) is 14.6. The second kappa shape index (κ2) is 11.9. The molecule has 1 aromatic rings. The molecule has 0 aliphatic heterocycles. The summed E-state index contributed by atoms with van der Waals surface area (Å²) < 4.78 is 22.0. The Morgan fingerprint density at radius 2 is 1.38 bits per heavy atom. The number of carbonyl (C=O) groups is 1. The van der Waals surface area contributed by atoms with Gasteiger partial charge in [0.05, 0.1) is 26.4 Å². The summed E-state index contributed by atoms with van der Waals surface area (Å²) >= 11 is 0. The molecular weight excluding hydrogens is 316 g/mol. The van der Waals surface area contributed by atoms with Crippen LogP contribution in [0.15, 0.2) is 18.7 Å². The van der Waals surface area contributed by atoms with Crippen molar-refractivity contribution in [3.8, 4) is 28.7 Å². The van der Waals surface area contributed by atoms with Crippen molar-refractivity contribution >= 4 is 5.97 Å². The topological polar surface area (TPSA) is 94.5 Å². The number of aromatic hydroxyl groups is 1. The van der Waals surface area contributed by atoms with Gasteiger partial charge < -0.3 is 29.2 Å². The number of ether oxygens (including phenoxy) is 4. The first-order valence-electron chi connectivity index (χ1n) is 7.73. The molecule has 1 rings (SSSR count). The van der Waals surface area contributed by atoms with Gasteiger partial charge in [-0.15, -0.1) is 0 Å². The SMILES string of the molecule is C=CC(=O)O.CCOc1cc(O)c(OCC)c(OCC)c1OCC. The molecule has 0 heterocycles. The largest absolute Gasteiger partial charge is 0.504 e. The van der Waals surface area contributed by atoms with E-state index in [-0.39, 0.29) is 11.5 Å². The van der Waals surface area contributed by atoms with Crippen LogP contribution in [-0.2, 0) is 4.79 Å². The maximum atomic E-state index is 10.0. The van der Waals surface area contributed by atoms with Gasteiger partial charge in [0.1, 0.15) is 0 Å². The zero-order valence-electron chi connectivity index (χ0n) is 14.6. The predicted octanol–water partition coefficient (Wildman–Crippen LogP) is 3.24. The Kier molecular flexibility index (Phi) is 10.6. The average Bonchev–Trinajstić information content (AvgIpc) is 2.55. The molecule has 0 fully saturated rings. The Labute approximate surface area is 142 Å². The fraction of sp³-hybridized carbons (Fsp3) is 0.471. The summed E-state index contributed by atoms with van der Waals surface area (Å²) in [5.41, 5.74) is 0. The van der Waals surface area contributed by atoms with Crippen LogP contribution in [0.5, 0.6) is 28.7 Å². The van der Waals surface area contributed by atoms with E-state index in [2.05, 4.69) is 6.58 Å². The van der Waals surface area contributed by atoms with Crippen molar-refractivity contribution in [2.24, 2.45) is 0 Å². The molecule has 0 saturated heterocycles. The van der Waals surface area contributed by atoms with Gasteiger partial charge in [-0.25, -0.2) is 4.79 Å². The Hall–Kier alpha value is -2.57. The van der Waals surface area contributed by atoms with E-state index in [1.54, 1.807) is 0 Å². The zero-order chi connectivity index (χ0) is 18.5. The molecule has 0 radical (unpaired) electrons. The molecule has 0 bridgehead atoms. The normalized spacial score (nSPS) is 9.33. The maximum Gasteiger partial charge on any atom is 0.327 e. The molecule has 2 N–H and O–H groups in total. The van der Waals surface area contributed by atoms with Crippen LogP contribution in [-0.4, -0.2) is 42.6 Å². The van der Waals surface area contributed by atoms with Gasteiger partial charge in [0.25, 0.3) is 0 Å². The number of hydrogen-bond donors (Lipinski definition) is 2. The lowest BCUT2D eigenvalue weighted by atomic mass is 10.2. The molecule has 0 amide bonds. The molecule has 7 nitrogen and oxygen atoms in total. The minimum Gasteiger partial charge on any atom is -0.504 e. The van der Waals surface area contributed by atoms with Crippen molar-refractivity contribution in [2.45, 2.75) is 27.7 Å². The highest BCUT2D eigenvalue weighted by Gasteiger charge is 2.22. The van der Waals surface area contributed by atoms with Crippen LogP contribution in [0.2, 0.25) is 0 Å². The first kappa shape index (κ1) is 21.4. The van der Waals surface area contributed by atoms with E-state index in [9.17, 15) is 9.90 Å². The number of phenolic OH excluding ortho intramolecular Hbond substituents is 1. The second-order valence-electron chi connectivity index (χ2n) is 4.16. The van der Waals surface area contributed by atoms with E-state index in [0.717, 1.165) is 6.08 Å². The van der Waals surface area contributed by atoms with E-state index < -0.39 is 5.97 Å². The standard InChI is InChI=1S/C14H22O5.C3H4O2/c1-5-16-11-9-10(15)12(17-6-2)14(19-8-4)13(11)18-7-3;1-2-3(4)5/h9,15H,5-8H2,1-4H3;2H,1H2,(H,4,5). The van der Waals surface area contributed by atoms with Crippen LogP contribution in [0.3, 0.4) is 0 Å². The van der Waals surface area contributed by atoms with E-state index in [1.807, 2.05) is 27.7 Å². The van der Waals surface area contributed by atoms with Crippen molar-refractivity contribution in [1.82, 2.24) is 0 Å². The molecule has 136 valence electrons. The Morgan fingerprint density at radius 1 is 0.958 bits per heavy atom. The quantitative estimate of drug-likeness (QED) is 0.665. The minimum atomic E-state index is -0.981. The lowest BCUT2D eigenvalue weighted by Crippen LogP contribution is -2.05. The predicted molar refractivity (Wildman–Crippen MR) is 90.6 cm³/mol. The van der Waals surface area contributed by atoms with Gasteiger partial charge >= 0.3 is 5.97 Å². The second-order valence-corrected chi connectivity index (χ2v) is 4.16. The van der Waals surface area contributed by atoms with Crippen molar-refractivity contribution in [3.05, 3.63) is 18.7 Å². The summed E-state index contributed by atoms with van der Waals surface area (Å²) in [6, 6.07) is 1.49. The van der Waals surface area contributed by atoms with Crippen LogP contribution < -0.4 is 18.9 Å². The number of aliphatic carboxylic acids is 1. The summed E-state index contributed by atoms with van der Waals surface area (Å²) in [6.07, 6.45) is 0.833. The van der Waals surface area contributed by atoms with Crippen molar-refractivity contribution in [1.29, 1.82) is 0 Å². The third kappa shape index (κ3) is 6.68. The smallest absolute Gasteiger partial charge is 0.327 e. The lowest BCUT2D eigenvalue weighted by Gasteiger charge is -2.19. The summed E-state index contributed by atoms with van der Waals surface area (Å²) in [7, 11) is 0. The molecule has 0 atom stereocenters. The number of hydrogen-bond acceptors (Lipinski definition) is 6.